The van der Waals surface area contributed by atoms with Crippen molar-refractivity contribution in [1.29, 1.82) is 0 Å². The first-order valence-corrected chi connectivity index (χ1v) is 10.5. The maximum Gasteiger partial charge on any atom is 0.259 e. The summed E-state index contributed by atoms with van der Waals surface area (Å²) in [5, 5.41) is 2.97. The van der Waals surface area contributed by atoms with Crippen LogP contribution < -0.4 is 10.1 Å². The Morgan fingerprint density at radius 3 is 2.69 bits per heavy atom. The number of likely N-dealkylation sites (tertiary alicyclic amines) is 1. The first-order chi connectivity index (χ1) is 15.5. The van der Waals surface area contributed by atoms with Crippen LogP contribution in [-0.2, 0) is 4.79 Å². The van der Waals surface area contributed by atoms with Gasteiger partial charge in [0.05, 0.1) is 13.0 Å². The number of nitrogens with one attached hydrogen (secondary N) is 1. The fourth-order valence-corrected chi connectivity index (χ4v) is 3.93. The van der Waals surface area contributed by atoms with Gasteiger partial charge in [0.2, 0.25) is 11.8 Å². The number of methoxy groups -OCH3 is 1. The minimum absolute atomic E-state index is 0.128. The van der Waals surface area contributed by atoms with E-state index in [1.165, 1.54) is 19.2 Å². The van der Waals surface area contributed by atoms with Crippen LogP contribution in [0.3, 0.4) is 0 Å². The molecule has 164 valence electrons. The molecule has 0 aliphatic carbocycles. The lowest BCUT2D eigenvalue weighted by atomic mass is 9.96. The topological polar surface area (TPSA) is 71.5 Å². The molecule has 32 heavy (non-hydrogen) atoms. The SMILES string of the molecule is COc1ncccc1C(=O)N1CCC[C@@H](C(=O)Nc2cccc(-c3ccc(F)cc3)c2)C1. The molecule has 1 saturated heterocycles. The molecule has 1 aromatic heterocycles. The van der Waals surface area contributed by atoms with Gasteiger partial charge in [-0.1, -0.05) is 24.3 Å². The average Bonchev–Trinajstić information content (AvgIpc) is 2.84. The number of hydrogen-bond acceptors (Lipinski definition) is 4. The smallest absolute Gasteiger partial charge is 0.259 e. The largest absolute Gasteiger partial charge is 0.480 e. The predicted octanol–water partition coefficient (Wildman–Crippen LogP) is 4.39. The van der Waals surface area contributed by atoms with Crippen LogP contribution in [0.2, 0.25) is 0 Å². The van der Waals surface area contributed by atoms with Gasteiger partial charge in [0.15, 0.2) is 0 Å². The highest BCUT2D eigenvalue weighted by Crippen LogP contribution is 2.26. The van der Waals surface area contributed by atoms with Gasteiger partial charge < -0.3 is 15.0 Å². The Morgan fingerprint density at radius 1 is 1.09 bits per heavy atom. The van der Waals surface area contributed by atoms with Crippen LogP contribution in [0.5, 0.6) is 5.88 Å². The zero-order valence-electron chi connectivity index (χ0n) is 17.8. The zero-order chi connectivity index (χ0) is 22.5. The zero-order valence-corrected chi connectivity index (χ0v) is 17.8. The maximum absolute atomic E-state index is 13.2. The summed E-state index contributed by atoms with van der Waals surface area (Å²) in [5.41, 5.74) is 2.80. The maximum atomic E-state index is 13.2. The molecule has 2 amide bonds. The Hall–Kier alpha value is -3.74. The molecule has 1 aliphatic heterocycles. The number of piperidine rings is 1. The number of pyridine rings is 1. The second-order valence-corrected chi connectivity index (χ2v) is 7.73. The van der Waals surface area contributed by atoms with Crippen LogP contribution in [0, 0.1) is 11.7 Å². The number of benzene rings is 2. The van der Waals surface area contributed by atoms with Crippen LogP contribution >= 0.6 is 0 Å². The molecule has 7 heteroatoms. The summed E-state index contributed by atoms with van der Waals surface area (Å²) in [6.07, 6.45) is 3.02. The van der Waals surface area contributed by atoms with Crippen LogP contribution in [0.4, 0.5) is 10.1 Å². The molecule has 3 aromatic rings. The average molecular weight is 433 g/mol. The highest BCUT2D eigenvalue weighted by Gasteiger charge is 2.30. The molecule has 4 rings (SSSR count). The van der Waals surface area contributed by atoms with Crippen LogP contribution in [0.1, 0.15) is 23.2 Å². The number of nitrogens with zero attached hydrogens (tertiary/aromatic N) is 2. The number of rotatable bonds is 5. The molecule has 0 radical (unpaired) electrons. The van der Waals surface area contributed by atoms with Gasteiger partial charge in [-0.3, -0.25) is 9.59 Å². The normalized spacial score (nSPS) is 15.8. The van der Waals surface area contributed by atoms with Crippen molar-refractivity contribution in [3.8, 4) is 17.0 Å². The van der Waals surface area contributed by atoms with E-state index < -0.39 is 0 Å². The van der Waals surface area contributed by atoms with E-state index in [0.29, 0.717) is 30.8 Å². The number of aromatic nitrogens is 1. The Kier molecular flexibility index (Phi) is 6.44. The van der Waals surface area contributed by atoms with Gasteiger partial charge in [-0.2, -0.15) is 0 Å². The molecule has 6 nitrogen and oxygen atoms in total. The third-order valence-corrected chi connectivity index (χ3v) is 5.58. The summed E-state index contributed by atoms with van der Waals surface area (Å²) >= 11 is 0. The van der Waals surface area contributed by atoms with Gasteiger partial charge >= 0.3 is 0 Å². The second-order valence-electron chi connectivity index (χ2n) is 7.73. The van der Waals surface area contributed by atoms with E-state index in [1.807, 2.05) is 24.3 Å². The molecule has 2 heterocycles. The Labute approximate surface area is 186 Å². The lowest BCUT2D eigenvalue weighted by Gasteiger charge is -2.32. The van der Waals surface area contributed by atoms with Crippen molar-refractivity contribution in [3.63, 3.8) is 0 Å². The molecular formula is C25H24FN3O3. The first-order valence-electron chi connectivity index (χ1n) is 10.5. The fraction of sp³-hybridized carbons (Fsp3) is 0.240. The molecule has 0 bridgehead atoms. The summed E-state index contributed by atoms with van der Waals surface area (Å²) in [6.45, 7) is 0.918. The van der Waals surface area contributed by atoms with E-state index in [1.54, 1.807) is 35.4 Å². The second kappa shape index (κ2) is 9.60. The number of halogens is 1. The van der Waals surface area contributed by atoms with Crippen LogP contribution in [0.15, 0.2) is 66.9 Å². The third-order valence-electron chi connectivity index (χ3n) is 5.58. The van der Waals surface area contributed by atoms with Gasteiger partial charge in [0.25, 0.3) is 5.91 Å². The Balaban J connectivity index is 1.44. The van der Waals surface area contributed by atoms with Crippen molar-refractivity contribution in [1.82, 2.24) is 9.88 Å². The predicted molar refractivity (Wildman–Crippen MR) is 120 cm³/mol. The van der Waals surface area contributed by atoms with Crippen LogP contribution in [0.25, 0.3) is 11.1 Å². The molecule has 2 aromatic carbocycles. The van der Waals surface area contributed by atoms with E-state index in [9.17, 15) is 14.0 Å². The van der Waals surface area contributed by atoms with E-state index in [2.05, 4.69) is 10.3 Å². The summed E-state index contributed by atoms with van der Waals surface area (Å²) < 4.78 is 18.4. The van der Waals surface area contributed by atoms with E-state index in [0.717, 1.165) is 17.5 Å². The van der Waals surface area contributed by atoms with Crippen molar-refractivity contribution in [2.75, 3.05) is 25.5 Å². The molecule has 1 fully saturated rings. The van der Waals surface area contributed by atoms with Crippen molar-refractivity contribution in [3.05, 3.63) is 78.2 Å². The molecule has 0 saturated carbocycles. The van der Waals surface area contributed by atoms with Crippen molar-refractivity contribution in [2.24, 2.45) is 5.92 Å². The monoisotopic (exact) mass is 433 g/mol. The first kappa shape index (κ1) is 21.5. The summed E-state index contributed by atoms with van der Waals surface area (Å²) in [4.78, 5) is 31.7. The summed E-state index contributed by atoms with van der Waals surface area (Å²) in [7, 11) is 1.48. The van der Waals surface area contributed by atoms with E-state index >= 15 is 0 Å². The van der Waals surface area contributed by atoms with Crippen LogP contribution in [-0.4, -0.2) is 41.9 Å². The number of carbonyl (C=O) groups is 2. The van der Waals surface area contributed by atoms with Gasteiger partial charge in [0.1, 0.15) is 11.4 Å². The summed E-state index contributed by atoms with van der Waals surface area (Å²) in [6, 6.07) is 17.0. The number of carbonyl (C=O) groups excluding carboxylic acids is 2. The van der Waals surface area contributed by atoms with Crippen molar-refractivity contribution in [2.45, 2.75) is 12.8 Å². The molecule has 0 spiro atoms. The standard InChI is InChI=1S/C25H24FN3O3/c1-32-24-22(8-3-13-27-24)25(31)29-14-4-6-19(16-29)23(30)28-21-7-2-5-18(15-21)17-9-11-20(26)12-10-17/h2-3,5,7-13,15,19H,4,6,14,16H2,1H3,(H,28,30)/t19-/m1/s1. The molecule has 1 aliphatic rings. The van der Waals surface area contributed by atoms with E-state index in [4.69, 9.17) is 4.74 Å². The van der Waals surface area contributed by atoms with Gasteiger partial charge in [-0.25, -0.2) is 9.37 Å². The quantitative estimate of drug-likeness (QED) is 0.648. The number of ether oxygens (including phenoxy) is 1. The lowest BCUT2D eigenvalue weighted by Crippen LogP contribution is -2.43. The lowest BCUT2D eigenvalue weighted by molar-refractivity contribution is -0.121. The minimum atomic E-state index is -0.315. The highest BCUT2D eigenvalue weighted by molar-refractivity contribution is 5.98. The van der Waals surface area contributed by atoms with Gasteiger partial charge in [0, 0.05) is 25.0 Å². The number of anilines is 1. The molecule has 1 atom stereocenters. The van der Waals surface area contributed by atoms with Gasteiger partial charge in [-0.15, -0.1) is 0 Å². The van der Waals surface area contributed by atoms with Gasteiger partial charge in [-0.05, 0) is 60.4 Å². The number of hydrogen-bond donors (Lipinski definition) is 1. The molecular weight excluding hydrogens is 409 g/mol. The Morgan fingerprint density at radius 2 is 1.91 bits per heavy atom. The van der Waals surface area contributed by atoms with Crippen molar-refractivity contribution < 1.29 is 18.7 Å². The third kappa shape index (κ3) is 4.77. The minimum Gasteiger partial charge on any atom is -0.480 e. The van der Waals surface area contributed by atoms with Crippen molar-refractivity contribution >= 4 is 17.5 Å². The fourth-order valence-electron chi connectivity index (χ4n) is 3.93. The number of amides is 2. The van der Waals surface area contributed by atoms with E-state index in [-0.39, 0.29) is 29.4 Å². The molecule has 0 unspecified atom stereocenters. The Bertz CT molecular complexity index is 1120. The molecule has 1 N–H and O–H groups in total. The highest BCUT2D eigenvalue weighted by atomic mass is 19.1. The summed E-state index contributed by atoms with van der Waals surface area (Å²) in [5.74, 6) is -0.646.